The van der Waals surface area contributed by atoms with Gasteiger partial charge in [0.1, 0.15) is 12.2 Å². The fourth-order valence-corrected chi connectivity index (χ4v) is 3.62. The minimum absolute atomic E-state index is 0.0380. The number of nitrogens with one attached hydrogen (secondary N) is 1. The van der Waals surface area contributed by atoms with E-state index in [1.165, 1.54) is 22.3 Å². The van der Waals surface area contributed by atoms with Crippen LogP contribution in [0.2, 0.25) is 0 Å². The van der Waals surface area contributed by atoms with Crippen LogP contribution in [0.5, 0.6) is 0 Å². The number of ether oxygens (including phenoxy) is 2. The summed E-state index contributed by atoms with van der Waals surface area (Å²) in [7, 11) is 0. The van der Waals surface area contributed by atoms with E-state index in [9.17, 15) is 9.90 Å². The van der Waals surface area contributed by atoms with Crippen LogP contribution in [0.4, 0.5) is 4.79 Å². The summed E-state index contributed by atoms with van der Waals surface area (Å²) >= 11 is 0. The van der Waals surface area contributed by atoms with Gasteiger partial charge in [0.15, 0.2) is 0 Å². The molecule has 1 fully saturated rings. The Kier molecular flexibility index (Phi) is 4.19. The van der Waals surface area contributed by atoms with E-state index in [1.807, 2.05) is 24.3 Å². The van der Waals surface area contributed by atoms with Crippen molar-refractivity contribution in [3.8, 4) is 11.1 Å². The number of alkyl carbamates (subject to hydrolysis) is 1. The Hall–Kier alpha value is -2.37. The summed E-state index contributed by atoms with van der Waals surface area (Å²) in [4.78, 5) is 12.0. The number of carbonyl (C=O) groups is 1. The maximum Gasteiger partial charge on any atom is 0.407 e. The fraction of sp³-hybridized carbons (Fsp3) is 0.350. The molecule has 5 nitrogen and oxygen atoms in total. The number of aliphatic hydroxyl groups is 1. The van der Waals surface area contributed by atoms with E-state index in [4.69, 9.17) is 9.47 Å². The minimum Gasteiger partial charge on any atom is -0.449 e. The molecule has 1 aliphatic carbocycles. The van der Waals surface area contributed by atoms with Crippen molar-refractivity contribution in [2.45, 2.75) is 17.9 Å². The summed E-state index contributed by atoms with van der Waals surface area (Å²) in [5.74, 6) is 0.0380. The summed E-state index contributed by atoms with van der Waals surface area (Å²) in [5.41, 5.74) is 3.78. The molecule has 2 aromatic rings. The monoisotopic (exact) mass is 339 g/mol. The number of benzene rings is 2. The van der Waals surface area contributed by atoms with Gasteiger partial charge in [-0.1, -0.05) is 48.5 Å². The van der Waals surface area contributed by atoms with Crippen molar-refractivity contribution in [3.05, 3.63) is 59.7 Å². The molecule has 1 unspecified atom stereocenters. The second-order valence-corrected chi connectivity index (χ2v) is 6.71. The molecule has 0 spiro atoms. The molecule has 1 heterocycles. The van der Waals surface area contributed by atoms with Gasteiger partial charge in [-0.15, -0.1) is 0 Å². The molecule has 130 valence electrons. The summed E-state index contributed by atoms with van der Waals surface area (Å²) in [6, 6.07) is 16.4. The lowest BCUT2D eigenvalue weighted by Crippen LogP contribution is -2.43. The van der Waals surface area contributed by atoms with Gasteiger partial charge >= 0.3 is 6.09 Å². The minimum atomic E-state index is -0.981. The van der Waals surface area contributed by atoms with Crippen molar-refractivity contribution in [2.24, 2.45) is 0 Å². The lowest BCUT2D eigenvalue weighted by atomic mass is 9.98. The Morgan fingerprint density at radius 2 is 1.80 bits per heavy atom. The predicted molar refractivity (Wildman–Crippen MR) is 93.5 cm³/mol. The van der Waals surface area contributed by atoms with Crippen molar-refractivity contribution in [1.82, 2.24) is 5.32 Å². The Balaban J connectivity index is 1.42. The Bertz CT molecular complexity index is 737. The van der Waals surface area contributed by atoms with Crippen LogP contribution >= 0.6 is 0 Å². The van der Waals surface area contributed by atoms with Gasteiger partial charge in [-0.05, 0) is 22.3 Å². The summed E-state index contributed by atoms with van der Waals surface area (Å²) in [6.07, 6.45) is 0.0126. The first kappa shape index (κ1) is 16.1. The standard InChI is InChI=1S/C20H21NO4/c22-19(21-12-20(23)9-10-24-13-20)25-11-18-16-7-3-1-5-14(16)15-6-2-4-8-17(15)18/h1-8,18,23H,9-13H2,(H,21,22). The Morgan fingerprint density at radius 1 is 1.16 bits per heavy atom. The summed E-state index contributed by atoms with van der Waals surface area (Å²) in [6.45, 7) is 1.18. The third-order valence-corrected chi connectivity index (χ3v) is 4.99. The van der Waals surface area contributed by atoms with Crippen LogP contribution in [-0.2, 0) is 9.47 Å². The number of carbonyl (C=O) groups excluding carboxylic acids is 1. The van der Waals surface area contributed by atoms with E-state index in [0.29, 0.717) is 13.0 Å². The predicted octanol–water partition coefficient (Wildman–Crippen LogP) is 2.68. The Morgan fingerprint density at radius 3 is 2.40 bits per heavy atom. The molecule has 2 aliphatic rings. The second-order valence-electron chi connectivity index (χ2n) is 6.71. The highest BCUT2D eigenvalue weighted by Gasteiger charge is 2.33. The van der Waals surface area contributed by atoms with E-state index < -0.39 is 11.7 Å². The number of amides is 1. The number of hydrogen-bond donors (Lipinski definition) is 2. The molecule has 1 aliphatic heterocycles. The van der Waals surface area contributed by atoms with E-state index in [-0.39, 0.29) is 25.7 Å². The lowest BCUT2D eigenvalue weighted by Gasteiger charge is -2.21. The van der Waals surface area contributed by atoms with Crippen molar-refractivity contribution >= 4 is 6.09 Å². The van der Waals surface area contributed by atoms with Crippen LogP contribution in [0.25, 0.3) is 11.1 Å². The topological polar surface area (TPSA) is 67.8 Å². The van der Waals surface area contributed by atoms with E-state index in [1.54, 1.807) is 0 Å². The van der Waals surface area contributed by atoms with Crippen molar-refractivity contribution in [1.29, 1.82) is 0 Å². The highest BCUT2D eigenvalue weighted by Crippen LogP contribution is 2.44. The van der Waals surface area contributed by atoms with Crippen LogP contribution in [0, 0.1) is 0 Å². The van der Waals surface area contributed by atoms with Gasteiger partial charge in [-0.2, -0.15) is 0 Å². The van der Waals surface area contributed by atoms with Crippen molar-refractivity contribution < 1.29 is 19.4 Å². The third kappa shape index (κ3) is 3.13. The van der Waals surface area contributed by atoms with Crippen LogP contribution in [-0.4, -0.2) is 43.2 Å². The summed E-state index contributed by atoms with van der Waals surface area (Å²) < 4.78 is 10.6. The smallest absolute Gasteiger partial charge is 0.407 e. The molecule has 2 aromatic carbocycles. The molecule has 1 amide bonds. The van der Waals surface area contributed by atoms with Gasteiger partial charge in [0.05, 0.1) is 13.2 Å². The Labute approximate surface area is 146 Å². The zero-order chi connectivity index (χ0) is 17.3. The quantitative estimate of drug-likeness (QED) is 0.899. The van der Waals surface area contributed by atoms with Gasteiger partial charge < -0.3 is 19.9 Å². The molecular weight excluding hydrogens is 318 g/mol. The van der Waals surface area contributed by atoms with Crippen LogP contribution in [0.1, 0.15) is 23.5 Å². The molecule has 1 saturated heterocycles. The highest BCUT2D eigenvalue weighted by atomic mass is 16.5. The largest absolute Gasteiger partial charge is 0.449 e. The lowest BCUT2D eigenvalue weighted by molar-refractivity contribution is 0.0258. The molecule has 2 N–H and O–H groups in total. The fourth-order valence-electron chi connectivity index (χ4n) is 3.62. The second kappa shape index (κ2) is 6.50. The first-order chi connectivity index (χ1) is 12.2. The molecule has 1 atom stereocenters. The van der Waals surface area contributed by atoms with Gasteiger partial charge in [0.2, 0.25) is 0 Å². The van der Waals surface area contributed by atoms with E-state index in [0.717, 1.165) is 0 Å². The molecular formula is C20H21NO4. The molecule has 25 heavy (non-hydrogen) atoms. The van der Waals surface area contributed by atoms with Crippen LogP contribution in [0.15, 0.2) is 48.5 Å². The van der Waals surface area contributed by atoms with Crippen LogP contribution < -0.4 is 5.32 Å². The summed E-state index contributed by atoms with van der Waals surface area (Å²) in [5, 5.41) is 12.8. The first-order valence-electron chi connectivity index (χ1n) is 8.55. The third-order valence-electron chi connectivity index (χ3n) is 4.99. The molecule has 0 saturated carbocycles. The maximum absolute atomic E-state index is 12.0. The molecule has 0 bridgehead atoms. The van der Waals surface area contributed by atoms with Gasteiger partial charge in [0, 0.05) is 18.9 Å². The van der Waals surface area contributed by atoms with Gasteiger partial charge in [-0.25, -0.2) is 4.79 Å². The molecule has 4 rings (SSSR count). The first-order valence-corrected chi connectivity index (χ1v) is 8.55. The maximum atomic E-state index is 12.0. The zero-order valence-electron chi connectivity index (χ0n) is 13.9. The molecule has 0 aromatic heterocycles. The van der Waals surface area contributed by atoms with Crippen molar-refractivity contribution in [2.75, 3.05) is 26.4 Å². The van der Waals surface area contributed by atoms with Crippen molar-refractivity contribution in [3.63, 3.8) is 0 Å². The van der Waals surface area contributed by atoms with E-state index >= 15 is 0 Å². The van der Waals surface area contributed by atoms with Gasteiger partial charge in [-0.3, -0.25) is 0 Å². The average molecular weight is 339 g/mol. The van der Waals surface area contributed by atoms with E-state index in [2.05, 4.69) is 29.6 Å². The number of hydrogen-bond acceptors (Lipinski definition) is 4. The molecule has 0 radical (unpaired) electrons. The van der Waals surface area contributed by atoms with Crippen LogP contribution in [0.3, 0.4) is 0 Å². The highest BCUT2D eigenvalue weighted by molar-refractivity contribution is 5.79. The zero-order valence-corrected chi connectivity index (χ0v) is 13.9. The average Bonchev–Trinajstić information content (AvgIpc) is 3.21. The SMILES string of the molecule is O=C(NCC1(O)CCOC1)OCC1c2ccccc2-c2ccccc21. The molecule has 5 heteroatoms. The number of fused-ring (bicyclic) bond motifs is 3. The van der Waals surface area contributed by atoms with Gasteiger partial charge in [0.25, 0.3) is 0 Å². The normalized spacial score (nSPS) is 21.6. The number of rotatable bonds is 4.